The summed E-state index contributed by atoms with van der Waals surface area (Å²) in [5, 5.41) is 6.56. The Morgan fingerprint density at radius 2 is 2.30 bits per heavy atom. The van der Waals surface area contributed by atoms with E-state index in [2.05, 4.69) is 39.4 Å². The molecule has 0 spiro atoms. The fourth-order valence-corrected chi connectivity index (χ4v) is 3.14. The lowest BCUT2D eigenvalue weighted by Gasteiger charge is -2.23. The molecule has 1 fully saturated rings. The molecule has 0 aromatic carbocycles. The Bertz CT molecular complexity index is 478. The van der Waals surface area contributed by atoms with E-state index in [1.165, 1.54) is 6.42 Å². The lowest BCUT2D eigenvalue weighted by Crippen LogP contribution is -2.40. The maximum absolute atomic E-state index is 4.58. The van der Waals surface area contributed by atoms with Gasteiger partial charge in [0.05, 0.1) is 12.2 Å². The number of nitrogens with one attached hydrogen (secondary N) is 1. The Hall–Kier alpha value is -1.30. The van der Waals surface area contributed by atoms with E-state index < -0.39 is 0 Å². The topological polar surface area (TPSA) is 43.8 Å². The van der Waals surface area contributed by atoms with E-state index in [1.807, 2.05) is 26.0 Å². The smallest absolute Gasteiger partial charge is 0.193 e. The van der Waals surface area contributed by atoms with Gasteiger partial charge in [-0.2, -0.15) is 0 Å². The molecule has 112 valence electrons. The third-order valence-electron chi connectivity index (χ3n) is 3.54. The molecule has 0 saturated carbocycles. The van der Waals surface area contributed by atoms with Gasteiger partial charge in [-0.05, 0) is 11.8 Å². The van der Waals surface area contributed by atoms with Crippen LogP contribution in [0, 0.1) is 5.41 Å². The quantitative estimate of drug-likeness (QED) is 0.684. The van der Waals surface area contributed by atoms with Gasteiger partial charge in [-0.3, -0.25) is 4.99 Å². The molecular weight excluding hydrogens is 270 g/mol. The van der Waals surface area contributed by atoms with Crippen LogP contribution >= 0.6 is 11.3 Å². The average Bonchev–Trinajstić information content (AvgIpc) is 2.97. The van der Waals surface area contributed by atoms with Crippen LogP contribution in [0.3, 0.4) is 0 Å². The van der Waals surface area contributed by atoms with Crippen LogP contribution < -0.4 is 10.2 Å². The van der Waals surface area contributed by atoms with Gasteiger partial charge in [-0.25, -0.2) is 4.98 Å². The molecule has 5 nitrogen and oxygen atoms in total. The van der Waals surface area contributed by atoms with Crippen molar-refractivity contribution in [1.29, 1.82) is 0 Å². The zero-order valence-electron chi connectivity index (χ0n) is 13.1. The van der Waals surface area contributed by atoms with E-state index in [-0.39, 0.29) is 0 Å². The maximum Gasteiger partial charge on any atom is 0.193 e. The highest BCUT2D eigenvalue weighted by molar-refractivity contribution is 7.13. The van der Waals surface area contributed by atoms with E-state index in [1.54, 1.807) is 11.3 Å². The lowest BCUT2D eigenvalue weighted by molar-refractivity contribution is 0.370. The van der Waals surface area contributed by atoms with Gasteiger partial charge in [-0.15, -0.1) is 11.3 Å². The van der Waals surface area contributed by atoms with E-state index >= 15 is 0 Å². The zero-order chi connectivity index (χ0) is 14.8. The van der Waals surface area contributed by atoms with E-state index in [0.717, 1.165) is 36.4 Å². The monoisotopic (exact) mass is 295 g/mol. The van der Waals surface area contributed by atoms with Gasteiger partial charge in [0.2, 0.25) is 0 Å². The first-order valence-corrected chi connectivity index (χ1v) is 7.86. The maximum atomic E-state index is 4.58. The van der Waals surface area contributed by atoms with Crippen molar-refractivity contribution in [3.63, 3.8) is 0 Å². The summed E-state index contributed by atoms with van der Waals surface area (Å²) in [4.78, 5) is 13.3. The molecule has 0 aliphatic carbocycles. The Balaban J connectivity index is 1.91. The van der Waals surface area contributed by atoms with Gasteiger partial charge in [0.25, 0.3) is 0 Å². The largest absolute Gasteiger partial charge is 0.354 e. The molecule has 1 saturated heterocycles. The summed E-state index contributed by atoms with van der Waals surface area (Å²) < 4.78 is 0. The molecule has 1 aliphatic rings. The molecule has 0 atom stereocenters. The normalized spacial score (nSPS) is 18.4. The van der Waals surface area contributed by atoms with Crippen LogP contribution in [0.4, 0.5) is 5.13 Å². The fourth-order valence-electron chi connectivity index (χ4n) is 2.38. The second-order valence-corrected chi connectivity index (χ2v) is 7.09. The number of anilines is 1. The van der Waals surface area contributed by atoms with Crippen LogP contribution in [0.1, 0.15) is 26.0 Å². The third kappa shape index (κ3) is 3.62. The minimum Gasteiger partial charge on any atom is -0.354 e. The molecule has 1 aromatic rings. The summed E-state index contributed by atoms with van der Waals surface area (Å²) in [6.07, 6.45) is 1.22. The number of rotatable bonds is 3. The predicted molar refractivity (Wildman–Crippen MR) is 86.6 cm³/mol. The Kier molecular flexibility index (Phi) is 4.52. The first kappa shape index (κ1) is 15.1. The molecular formula is C14H25N5S. The van der Waals surface area contributed by atoms with Crippen molar-refractivity contribution in [2.24, 2.45) is 10.4 Å². The summed E-state index contributed by atoms with van der Waals surface area (Å²) in [6, 6.07) is 0. The number of thiazole rings is 1. The highest BCUT2D eigenvalue weighted by Crippen LogP contribution is 2.28. The number of likely N-dealkylation sites (tertiary alicyclic amines) is 1. The summed E-state index contributed by atoms with van der Waals surface area (Å²) >= 11 is 1.67. The van der Waals surface area contributed by atoms with Crippen LogP contribution in [-0.4, -0.2) is 50.1 Å². The Labute approximate surface area is 125 Å². The second-order valence-electron chi connectivity index (χ2n) is 6.25. The highest BCUT2D eigenvalue weighted by atomic mass is 32.1. The molecule has 20 heavy (non-hydrogen) atoms. The molecule has 2 heterocycles. The molecule has 1 aromatic heterocycles. The predicted octanol–water partition coefficient (Wildman–Crippen LogP) is 2.02. The van der Waals surface area contributed by atoms with Crippen molar-refractivity contribution in [2.45, 2.75) is 26.8 Å². The molecule has 0 radical (unpaired) electrons. The van der Waals surface area contributed by atoms with E-state index in [4.69, 9.17) is 0 Å². The number of guanidine groups is 1. The van der Waals surface area contributed by atoms with Crippen molar-refractivity contribution >= 4 is 22.4 Å². The van der Waals surface area contributed by atoms with Crippen LogP contribution in [0.2, 0.25) is 0 Å². The summed E-state index contributed by atoms with van der Waals surface area (Å²) in [7, 11) is 5.88. The first-order valence-electron chi connectivity index (χ1n) is 6.98. The number of nitrogens with zero attached hydrogens (tertiary/aromatic N) is 4. The molecule has 0 unspecified atom stereocenters. The number of aliphatic imine (C=N–C) groups is 1. The SMILES string of the molecule is CN=C(NCc1csc(N(C)C)n1)N1CCC(C)(C)C1. The number of hydrogen-bond acceptors (Lipinski definition) is 4. The standard InChI is InChI=1S/C14H25N5S/c1-14(2)6-7-19(10-14)12(15-3)16-8-11-9-20-13(17-11)18(4)5/h9H,6-8,10H2,1-5H3,(H,15,16). The second kappa shape index (κ2) is 5.99. The average molecular weight is 295 g/mol. The Morgan fingerprint density at radius 1 is 1.55 bits per heavy atom. The van der Waals surface area contributed by atoms with Gasteiger partial charge in [0.15, 0.2) is 11.1 Å². The zero-order valence-corrected chi connectivity index (χ0v) is 13.9. The van der Waals surface area contributed by atoms with Crippen LogP contribution in [0.25, 0.3) is 0 Å². The summed E-state index contributed by atoms with van der Waals surface area (Å²) in [5.74, 6) is 0.981. The molecule has 6 heteroatoms. The van der Waals surface area contributed by atoms with Crippen molar-refractivity contribution < 1.29 is 0 Å². The number of hydrogen-bond donors (Lipinski definition) is 1. The minimum atomic E-state index is 0.385. The van der Waals surface area contributed by atoms with Crippen molar-refractivity contribution in [1.82, 2.24) is 15.2 Å². The summed E-state index contributed by atoms with van der Waals surface area (Å²) in [6.45, 7) is 7.49. The molecule has 0 amide bonds. The first-order chi connectivity index (χ1) is 9.41. The van der Waals surface area contributed by atoms with Gasteiger partial charge in [0, 0.05) is 39.6 Å². The third-order valence-corrected chi connectivity index (χ3v) is 4.60. The minimum absolute atomic E-state index is 0.385. The molecule has 1 aliphatic heterocycles. The van der Waals surface area contributed by atoms with Gasteiger partial charge >= 0.3 is 0 Å². The van der Waals surface area contributed by atoms with Crippen LogP contribution in [0.5, 0.6) is 0 Å². The molecule has 1 N–H and O–H groups in total. The summed E-state index contributed by atoms with van der Waals surface area (Å²) in [5.41, 5.74) is 1.45. The van der Waals surface area contributed by atoms with E-state index in [9.17, 15) is 0 Å². The van der Waals surface area contributed by atoms with Crippen LogP contribution in [0.15, 0.2) is 10.4 Å². The molecule has 0 bridgehead atoms. The number of aromatic nitrogens is 1. The Morgan fingerprint density at radius 3 is 2.80 bits per heavy atom. The highest BCUT2D eigenvalue weighted by Gasteiger charge is 2.30. The van der Waals surface area contributed by atoms with Crippen molar-refractivity contribution in [3.05, 3.63) is 11.1 Å². The van der Waals surface area contributed by atoms with Gasteiger partial charge in [0.1, 0.15) is 0 Å². The van der Waals surface area contributed by atoms with E-state index in [0.29, 0.717) is 5.41 Å². The van der Waals surface area contributed by atoms with Crippen molar-refractivity contribution in [3.8, 4) is 0 Å². The lowest BCUT2D eigenvalue weighted by atomic mass is 9.93. The molecule has 2 rings (SSSR count). The van der Waals surface area contributed by atoms with Gasteiger partial charge in [-0.1, -0.05) is 13.8 Å². The van der Waals surface area contributed by atoms with Crippen LogP contribution in [-0.2, 0) is 6.54 Å². The fraction of sp³-hybridized carbons (Fsp3) is 0.714. The van der Waals surface area contributed by atoms with Crippen molar-refractivity contribution in [2.75, 3.05) is 39.1 Å². The van der Waals surface area contributed by atoms with Gasteiger partial charge < -0.3 is 15.1 Å².